The van der Waals surface area contributed by atoms with Gasteiger partial charge in [0, 0.05) is 18.7 Å². The Hall–Kier alpha value is -2.38. The van der Waals surface area contributed by atoms with E-state index in [1.807, 2.05) is 0 Å². The summed E-state index contributed by atoms with van der Waals surface area (Å²) in [6.07, 6.45) is -0.0356. The number of nitro groups is 1. The second kappa shape index (κ2) is 7.58. The fraction of sp³-hybridized carbons (Fsp3) is 0.500. The minimum Gasteiger partial charge on any atom is -0.493 e. The molecule has 0 aromatic heterocycles. The molecule has 7 nitrogen and oxygen atoms in total. The summed E-state index contributed by atoms with van der Waals surface area (Å²) >= 11 is 0. The quantitative estimate of drug-likeness (QED) is 0.495. The van der Waals surface area contributed by atoms with Crippen molar-refractivity contribution in [2.75, 3.05) is 13.2 Å². The first kappa shape index (κ1) is 17.7. The molecule has 0 spiro atoms. The Bertz CT molecular complexity index is 543. The SMILES string of the molecule is CC(C)(C)OC(=O)NCCCOc1ccc([N+](=O)[O-])c(F)c1. The third kappa shape index (κ3) is 6.38. The fourth-order valence-corrected chi connectivity index (χ4v) is 1.49. The Morgan fingerprint density at radius 1 is 1.41 bits per heavy atom. The van der Waals surface area contributed by atoms with Crippen LogP contribution in [0, 0.1) is 15.9 Å². The molecule has 0 saturated carbocycles. The molecule has 1 rings (SSSR count). The number of alkyl carbamates (subject to hydrolysis) is 1. The van der Waals surface area contributed by atoms with Crippen molar-refractivity contribution in [3.05, 3.63) is 34.1 Å². The smallest absolute Gasteiger partial charge is 0.407 e. The number of nitrogens with one attached hydrogen (secondary N) is 1. The highest BCUT2D eigenvalue weighted by Gasteiger charge is 2.16. The Morgan fingerprint density at radius 3 is 2.64 bits per heavy atom. The number of amides is 1. The second-order valence-corrected chi connectivity index (χ2v) is 5.50. The maximum Gasteiger partial charge on any atom is 0.407 e. The van der Waals surface area contributed by atoms with Gasteiger partial charge in [-0.3, -0.25) is 10.1 Å². The number of carbonyl (C=O) groups is 1. The van der Waals surface area contributed by atoms with Crippen LogP contribution in [0.2, 0.25) is 0 Å². The molecule has 1 aromatic carbocycles. The van der Waals surface area contributed by atoms with Crippen LogP contribution in [-0.4, -0.2) is 29.8 Å². The molecule has 0 aliphatic heterocycles. The zero-order valence-electron chi connectivity index (χ0n) is 12.7. The first-order valence-electron chi connectivity index (χ1n) is 6.72. The van der Waals surface area contributed by atoms with Crippen LogP contribution in [0.5, 0.6) is 5.75 Å². The standard InChI is InChI=1S/C14H19FN2O5/c1-14(2,3)22-13(18)16-7-4-8-21-10-5-6-12(17(19)20)11(15)9-10/h5-6,9H,4,7-8H2,1-3H3,(H,16,18). The molecule has 1 amide bonds. The van der Waals surface area contributed by atoms with Crippen molar-refractivity contribution in [2.24, 2.45) is 0 Å². The summed E-state index contributed by atoms with van der Waals surface area (Å²) in [5.41, 5.74) is -1.16. The number of ether oxygens (including phenoxy) is 2. The van der Waals surface area contributed by atoms with Crippen LogP contribution in [0.25, 0.3) is 0 Å². The number of nitrogens with zero attached hydrogens (tertiary/aromatic N) is 1. The summed E-state index contributed by atoms with van der Waals surface area (Å²) in [5.74, 6) is -0.755. The van der Waals surface area contributed by atoms with Gasteiger partial charge >= 0.3 is 11.8 Å². The van der Waals surface area contributed by atoms with Crippen molar-refractivity contribution < 1.29 is 23.6 Å². The Kier molecular flexibility index (Phi) is 6.09. The van der Waals surface area contributed by atoms with E-state index in [4.69, 9.17) is 9.47 Å². The van der Waals surface area contributed by atoms with Gasteiger partial charge in [0.25, 0.3) is 0 Å². The third-order valence-electron chi connectivity index (χ3n) is 2.37. The average molecular weight is 314 g/mol. The molecule has 0 bridgehead atoms. The predicted octanol–water partition coefficient (Wildman–Crippen LogP) is 3.03. The Labute approximate surface area is 127 Å². The lowest BCUT2D eigenvalue weighted by Crippen LogP contribution is -2.33. The van der Waals surface area contributed by atoms with E-state index in [1.54, 1.807) is 20.8 Å². The molecule has 0 aliphatic rings. The van der Waals surface area contributed by atoms with E-state index < -0.39 is 28.1 Å². The molecule has 0 aliphatic carbocycles. The lowest BCUT2D eigenvalue weighted by molar-refractivity contribution is -0.387. The number of carbonyl (C=O) groups excluding carboxylic acids is 1. The summed E-state index contributed by atoms with van der Waals surface area (Å²) in [6.45, 7) is 5.86. The minimum atomic E-state index is -0.950. The van der Waals surface area contributed by atoms with Gasteiger partial charge in [-0.2, -0.15) is 4.39 Å². The minimum absolute atomic E-state index is 0.195. The van der Waals surface area contributed by atoms with Crippen LogP contribution >= 0.6 is 0 Å². The molecule has 8 heteroatoms. The summed E-state index contributed by atoms with van der Waals surface area (Å²) in [7, 11) is 0. The van der Waals surface area contributed by atoms with E-state index in [0.29, 0.717) is 13.0 Å². The molecule has 0 unspecified atom stereocenters. The van der Waals surface area contributed by atoms with Gasteiger partial charge in [-0.05, 0) is 33.3 Å². The number of halogens is 1. The molecule has 122 valence electrons. The summed E-state index contributed by atoms with van der Waals surface area (Å²) in [4.78, 5) is 21.0. The molecule has 0 fully saturated rings. The molecule has 0 saturated heterocycles. The molecule has 0 radical (unpaired) electrons. The highest BCUT2D eigenvalue weighted by molar-refractivity contribution is 5.67. The van der Waals surface area contributed by atoms with Gasteiger partial charge in [0.15, 0.2) is 0 Å². The zero-order valence-corrected chi connectivity index (χ0v) is 12.7. The van der Waals surface area contributed by atoms with Crippen molar-refractivity contribution in [1.29, 1.82) is 0 Å². The zero-order chi connectivity index (χ0) is 16.8. The average Bonchev–Trinajstić information content (AvgIpc) is 2.35. The van der Waals surface area contributed by atoms with Crippen LogP contribution in [-0.2, 0) is 4.74 Å². The molecular formula is C14H19FN2O5. The lowest BCUT2D eigenvalue weighted by Gasteiger charge is -2.19. The largest absolute Gasteiger partial charge is 0.493 e. The van der Waals surface area contributed by atoms with E-state index in [-0.39, 0.29) is 12.4 Å². The van der Waals surface area contributed by atoms with Crippen LogP contribution in [0.4, 0.5) is 14.9 Å². The maximum absolute atomic E-state index is 13.3. The van der Waals surface area contributed by atoms with E-state index >= 15 is 0 Å². The first-order valence-corrected chi connectivity index (χ1v) is 6.72. The third-order valence-corrected chi connectivity index (χ3v) is 2.37. The summed E-state index contributed by atoms with van der Waals surface area (Å²) < 4.78 is 23.6. The van der Waals surface area contributed by atoms with Crippen LogP contribution in [0.3, 0.4) is 0 Å². The monoisotopic (exact) mass is 314 g/mol. The number of benzene rings is 1. The molecule has 22 heavy (non-hydrogen) atoms. The van der Waals surface area contributed by atoms with Gasteiger partial charge in [0.05, 0.1) is 11.5 Å². The van der Waals surface area contributed by atoms with E-state index in [2.05, 4.69) is 5.32 Å². The molecular weight excluding hydrogens is 295 g/mol. The predicted molar refractivity (Wildman–Crippen MR) is 77.4 cm³/mol. The highest BCUT2D eigenvalue weighted by Crippen LogP contribution is 2.22. The number of rotatable bonds is 6. The van der Waals surface area contributed by atoms with Crippen molar-refractivity contribution >= 4 is 11.8 Å². The number of nitro benzene ring substituents is 1. The van der Waals surface area contributed by atoms with Gasteiger partial charge < -0.3 is 14.8 Å². The Morgan fingerprint density at radius 2 is 2.09 bits per heavy atom. The summed E-state index contributed by atoms with van der Waals surface area (Å²) in [6, 6.07) is 3.32. The van der Waals surface area contributed by atoms with Gasteiger partial charge in [0.2, 0.25) is 5.82 Å². The van der Waals surface area contributed by atoms with Gasteiger partial charge in [-0.1, -0.05) is 0 Å². The molecule has 0 atom stereocenters. The molecule has 1 N–H and O–H groups in total. The fourth-order valence-electron chi connectivity index (χ4n) is 1.49. The molecule has 0 heterocycles. The van der Waals surface area contributed by atoms with Crippen molar-refractivity contribution in [1.82, 2.24) is 5.32 Å². The van der Waals surface area contributed by atoms with E-state index in [9.17, 15) is 19.3 Å². The van der Waals surface area contributed by atoms with E-state index in [1.165, 1.54) is 6.07 Å². The highest BCUT2D eigenvalue weighted by atomic mass is 19.1. The first-order chi connectivity index (χ1) is 10.2. The molecule has 1 aromatic rings. The van der Waals surface area contributed by atoms with Crippen molar-refractivity contribution in [2.45, 2.75) is 32.8 Å². The van der Waals surface area contributed by atoms with Crippen molar-refractivity contribution in [3.63, 3.8) is 0 Å². The van der Waals surface area contributed by atoms with Crippen LogP contribution in [0.1, 0.15) is 27.2 Å². The van der Waals surface area contributed by atoms with E-state index in [0.717, 1.165) is 12.1 Å². The number of hydrogen-bond donors (Lipinski definition) is 1. The van der Waals surface area contributed by atoms with Crippen LogP contribution in [0.15, 0.2) is 18.2 Å². The maximum atomic E-state index is 13.3. The second-order valence-electron chi connectivity index (χ2n) is 5.50. The van der Waals surface area contributed by atoms with Gasteiger partial charge in [0.1, 0.15) is 11.4 Å². The van der Waals surface area contributed by atoms with Gasteiger partial charge in [-0.25, -0.2) is 4.79 Å². The lowest BCUT2D eigenvalue weighted by atomic mass is 10.2. The Balaban J connectivity index is 2.29. The normalized spacial score (nSPS) is 10.9. The van der Waals surface area contributed by atoms with Crippen LogP contribution < -0.4 is 10.1 Å². The van der Waals surface area contributed by atoms with Gasteiger partial charge in [-0.15, -0.1) is 0 Å². The summed E-state index contributed by atoms with van der Waals surface area (Å²) in [5, 5.41) is 13.0. The number of hydrogen-bond acceptors (Lipinski definition) is 5. The van der Waals surface area contributed by atoms with Crippen molar-refractivity contribution in [3.8, 4) is 5.75 Å². The topological polar surface area (TPSA) is 90.7 Å².